The second kappa shape index (κ2) is 5.76. The molecule has 0 spiro atoms. The van der Waals surface area contributed by atoms with Gasteiger partial charge in [-0.15, -0.1) is 0 Å². The van der Waals surface area contributed by atoms with Gasteiger partial charge in [0.15, 0.2) is 0 Å². The number of fused-ring (bicyclic) bond motifs is 1. The van der Waals surface area contributed by atoms with Crippen molar-refractivity contribution in [2.45, 2.75) is 13.5 Å². The Bertz CT molecular complexity index is 782. The van der Waals surface area contributed by atoms with Crippen LogP contribution in [0, 0.1) is 6.92 Å². The summed E-state index contributed by atoms with van der Waals surface area (Å²) in [7, 11) is 1.89. The second-order valence-electron chi connectivity index (χ2n) is 4.86. The highest BCUT2D eigenvalue weighted by atomic mass is 35.5. The van der Waals surface area contributed by atoms with E-state index in [1.165, 1.54) is 0 Å². The lowest BCUT2D eigenvalue weighted by Crippen LogP contribution is -2.08. The van der Waals surface area contributed by atoms with E-state index in [1.54, 1.807) is 0 Å². The van der Waals surface area contributed by atoms with Gasteiger partial charge in [0.25, 0.3) is 0 Å². The fourth-order valence-electron chi connectivity index (χ4n) is 2.23. The Morgan fingerprint density at radius 1 is 1.29 bits per heavy atom. The number of hydrogen-bond acceptors (Lipinski definition) is 3. The zero-order chi connectivity index (χ0) is 14.8. The van der Waals surface area contributed by atoms with Gasteiger partial charge in [-0.3, -0.25) is 4.40 Å². The minimum absolute atomic E-state index is 0.572. The lowest BCUT2D eigenvalue weighted by atomic mass is 10.2. The maximum atomic E-state index is 6.20. The van der Waals surface area contributed by atoms with Crippen LogP contribution in [-0.4, -0.2) is 16.4 Å². The quantitative estimate of drug-likeness (QED) is 0.796. The largest absolute Gasteiger partial charge is 0.436 e. The van der Waals surface area contributed by atoms with Crippen LogP contribution in [0.3, 0.4) is 0 Å². The Balaban J connectivity index is 2.07. The molecule has 0 bridgehead atoms. The molecule has 0 aliphatic rings. The molecule has 0 aliphatic heterocycles. The average molecular weight is 302 g/mol. The second-order valence-corrected chi connectivity index (χ2v) is 5.27. The number of hydrogen-bond donors (Lipinski definition) is 1. The first-order chi connectivity index (χ1) is 10.2. The summed E-state index contributed by atoms with van der Waals surface area (Å²) < 4.78 is 7.96. The van der Waals surface area contributed by atoms with Gasteiger partial charge in [-0.25, -0.2) is 0 Å². The first-order valence-electron chi connectivity index (χ1n) is 6.73. The molecule has 0 amide bonds. The third-order valence-corrected chi connectivity index (χ3v) is 3.54. The molecule has 0 aliphatic carbocycles. The Morgan fingerprint density at radius 2 is 2.14 bits per heavy atom. The fraction of sp³-hybridized carbons (Fsp3) is 0.188. The minimum atomic E-state index is 0.572. The molecule has 3 aromatic rings. The molecule has 3 rings (SSSR count). The van der Waals surface area contributed by atoms with E-state index in [9.17, 15) is 0 Å². The average Bonchev–Trinajstić information content (AvgIpc) is 2.81. The van der Waals surface area contributed by atoms with Gasteiger partial charge in [0, 0.05) is 12.7 Å². The Morgan fingerprint density at radius 3 is 2.95 bits per heavy atom. The standard InChI is InChI=1S/C16H16ClN3O/c1-11-6-7-12(17)14(9-11)21-16-13(10-18-2)20-8-4-3-5-15(20)19-16/h3-9,18H,10H2,1-2H3. The molecule has 0 radical (unpaired) electrons. The van der Waals surface area contributed by atoms with Gasteiger partial charge in [-0.05, 0) is 43.8 Å². The molecule has 21 heavy (non-hydrogen) atoms. The molecule has 1 N–H and O–H groups in total. The SMILES string of the molecule is CNCc1c(Oc2cc(C)ccc2Cl)nc2ccccn12. The van der Waals surface area contributed by atoms with Crippen molar-refractivity contribution >= 4 is 17.2 Å². The maximum absolute atomic E-state index is 6.20. The molecule has 0 fully saturated rings. The van der Waals surface area contributed by atoms with E-state index in [4.69, 9.17) is 16.3 Å². The summed E-state index contributed by atoms with van der Waals surface area (Å²) in [4.78, 5) is 4.54. The van der Waals surface area contributed by atoms with Crippen molar-refractivity contribution in [1.29, 1.82) is 0 Å². The summed E-state index contributed by atoms with van der Waals surface area (Å²) in [6, 6.07) is 11.6. The Labute approximate surface area is 128 Å². The van der Waals surface area contributed by atoms with Gasteiger partial charge in [-0.1, -0.05) is 23.7 Å². The molecule has 2 aromatic heterocycles. The zero-order valence-corrected chi connectivity index (χ0v) is 12.7. The molecule has 5 heteroatoms. The highest BCUT2D eigenvalue weighted by molar-refractivity contribution is 6.32. The predicted molar refractivity (Wildman–Crippen MR) is 84.2 cm³/mol. The summed E-state index contributed by atoms with van der Waals surface area (Å²) in [5.41, 5.74) is 2.90. The first-order valence-corrected chi connectivity index (χ1v) is 7.11. The van der Waals surface area contributed by atoms with Gasteiger partial charge in [0.05, 0.1) is 5.02 Å². The number of aromatic nitrogens is 2. The zero-order valence-electron chi connectivity index (χ0n) is 11.9. The van der Waals surface area contributed by atoms with E-state index in [-0.39, 0.29) is 0 Å². The number of ether oxygens (including phenoxy) is 1. The lowest BCUT2D eigenvalue weighted by molar-refractivity contribution is 0.457. The van der Waals surface area contributed by atoms with E-state index >= 15 is 0 Å². The van der Waals surface area contributed by atoms with Crippen molar-refractivity contribution in [3.63, 3.8) is 0 Å². The number of nitrogens with one attached hydrogen (secondary N) is 1. The van der Waals surface area contributed by atoms with Crippen molar-refractivity contribution < 1.29 is 4.74 Å². The highest BCUT2D eigenvalue weighted by Crippen LogP contribution is 2.32. The number of rotatable bonds is 4. The summed E-state index contributed by atoms with van der Waals surface area (Å²) >= 11 is 6.20. The normalized spacial score (nSPS) is 11.0. The topological polar surface area (TPSA) is 38.6 Å². The minimum Gasteiger partial charge on any atom is -0.436 e. The molecule has 0 unspecified atom stereocenters. The van der Waals surface area contributed by atoms with Crippen molar-refractivity contribution in [3.8, 4) is 11.6 Å². The van der Waals surface area contributed by atoms with Crippen LogP contribution < -0.4 is 10.1 Å². The third kappa shape index (κ3) is 2.73. The van der Waals surface area contributed by atoms with Crippen molar-refractivity contribution in [2.75, 3.05) is 7.05 Å². The van der Waals surface area contributed by atoms with Crippen molar-refractivity contribution in [2.24, 2.45) is 0 Å². The molecule has 0 saturated carbocycles. The Hall–Kier alpha value is -2.04. The van der Waals surface area contributed by atoms with Gasteiger partial charge < -0.3 is 10.1 Å². The fourth-order valence-corrected chi connectivity index (χ4v) is 2.38. The van der Waals surface area contributed by atoms with Crippen LogP contribution in [0.2, 0.25) is 5.02 Å². The molecular formula is C16H16ClN3O. The monoisotopic (exact) mass is 301 g/mol. The molecule has 2 heterocycles. The molecular weight excluding hydrogens is 286 g/mol. The van der Waals surface area contributed by atoms with Crippen LogP contribution in [0.15, 0.2) is 42.6 Å². The van der Waals surface area contributed by atoms with Gasteiger partial charge in [0.2, 0.25) is 5.88 Å². The van der Waals surface area contributed by atoms with Gasteiger partial charge in [-0.2, -0.15) is 4.98 Å². The van der Waals surface area contributed by atoms with Crippen LogP contribution in [0.5, 0.6) is 11.6 Å². The van der Waals surface area contributed by atoms with E-state index in [2.05, 4.69) is 10.3 Å². The van der Waals surface area contributed by atoms with Crippen LogP contribution in [0.25, 0.3) is 5.65 Å². The van der Waals surface area contributed by atoms with Crippen LogP contribution in [0.4, 0.5) is 0 Å². The molecule has 0 saturated heterocycles. The lowest BCUT2D eigenvalue weighted by Gasteiger charge is -2.08. The predicted octanol–water partition coefficient (Wildman–Crippen LogP) is 3.81. The van der Waals surface area contributed by atoms with Gasteiger partial charge in [0.1, 0.15) is 17.1 Å². The maximum Gasteiger partial charge on any atom is 0.242 e. The summed E-state index contributed by atoms with van der Waals surface area (Å²) in [6.45, 7) is 2.66. The summed E-state index contributed by atoms with van der Waals surface area (Å²) in [5, 5.41) is 3.72. The molecule has 108 valence electrons. The smallest absolute Gasteiger partial charge is 0.242 e. The van der Waals surface area contributed by atoms with E-state index in [1.807, 2.05) is 61.0 Å². The van der Waals surface area contributed by atoms with E-state index in [0.717, 1.165) is 16.9 Å². The number of halogens is 1. The highest BCUT2D eigenvalue weighted by Gasteiger charge is 2.14. The van der Waals surface area contributed by atoms with Crippen LogP contribution >= 0.6 is 11.6 Å². The number of imidazole rings is 1. The van der Waals surface area contributed by atoms with Gasteiger partial charge >= 0.3 is 0 Å². The van der Waals surface area contributed by atoms with E-state index in [0.29, 0.717) is 23.2 Å². The van der Waals surface area contributed by atoms with Crippen LogP contribution in [0.1, 0.15) is 11.3 Å². The third-order valence-electron chi connectivity index (χ3n) is 3.23. The van der Waals surface area contributed by atoms with E-state index < -0.39 is 0 Å². The van der Waals surface area contributed by atoms with Crippen LogP contribution in [-0.2, 0) is 6.54 Å². The number of benzene rings is 1. The Kier molecular flexibility index (Phi) is 3.82. The number of aryl methyl sites for hydroxylation is 1. The molecule has 1 aromatic carbocycles. The van der Waals surface area contributed by atoms with Crippen molar-refractivity contribution in [3.05, 3.63) is 58.9 Å². The van der Waals surface area contributed by atoms with Crippen molar-refractivity contribution in [1.82, 2.24) is 14.7 Å². The molecule has 4 nitrogen and oxygen atoms in total. The number of pyridine rings is 1. The first kappa shape index (κ1) is 13.9. The summed E-state index contributed by atoms with van der Waals surface area (Å²) in [6.07, 6.45) is 1.97. The molecule has 0 atom stereocenters. The summed E-state index contributed by atoms with van der Waals surface area (Å²) in [5.74, 6) is 1.19. The number of nitrogens with zero attached hydrogens (tertiary/aromatic N) is 2.